The van der Waals surface area contributed by atoms with Crippen LogP contribution in [0, 0.1) is 0 Å². The second kappa shape index (κ2) is 5.50. The molecule has 1 unspecified atom stereocenters. The first kappa shape index (κ1) is 14.7. The van der Waals surface area contributed by atoms with Gasteiger partial charge in [-0.2, -0.15) is 0 Å². The lowest BCUT2D eigenvalue weighted by Gasteiger charge is -2.32. The van der Waals surface area contributed by atoms with Crippen LogP contribution in [-0.4, -0.2) is 38.7 Å². The molecule has 0 saturated heterocycles. The highest BCUT2D eigenvalue weighted by atomic mass is 16.4. The number of hydrogen-bond acceptors (Lipinski definition) is 3. The van der Waals surface area contributed by atoms with Gasteiger partial charge < -0.3 is 14.8 Å². The Hall–Kier alpha value is -1.39. The van der Waals surface area contributed by atoms with Gasteiger partial charge in [0.05, 0.1) is 13.6 Å². The quantitative estimate of drug-likeness (QED) is 0.763. The largest absolute Gasteiger partial charge is 0.498 e. The van der Waals surface area contributed by atoms with Gasteiger partial charge in [0.25, 0.3) is 6.09 Å². The van der Waals surface area contributed by atoms with Crippen LogP contribution in [0.2, 0.25) is 0 Å². The van der Waals surface area contributed by atoms with Gasteiger partial charge in [0.1, 0.15) is 5.69 Å². The van der Waals surface area contributed by atoms with Crippen LogP contribution in [0.5, 0.6) is 0 Å². The molecular weight excluding hydrogens is 228 g/mol. The van der Waals surface area contributed by atoms with E-state index in [0.29, 0.717) is 6.54 Å². The Balaban J connectivity index is 3.20. The third-order valence-corrected chi connectivity index (χ3v) is 3.73. The minimum Gasteiger partial charge on any atom is -0.498 e. The summed E-state index contributed by atoms with van der Waals surface area (Å²) in [5.41, 5.74) is 1.86. The Kier molecular flexibility index (Phi) is 4.48. The molecule has 0 aliphatic heterocycles. The summed E-state index contributed by atoms with van der Waals surface area (Å²) in [5, 5.41) is 11.3. The standard InChI is InChI=1S/C14H22N2O2/c1-6-16(5,14(17)18)13-9-7-8-12(10-13)11(2)15(3)4/h7-11H,6H2,1-5H3/t11?,16-/m0/s1. The van der Waals surface area contributed by atoms with E-state index in [4.69, 9.17) is 0 Å². The van der Waals surface area contributed by atoms with Gasteiger partial charge in [-0.05, 0) is 39.6 Å². The smallest absolute Gasteiger partial charge is 0.262 e. The number of nitrogens with zero attached hydrogens (tertiary/aromatic N) is 2. The van der Waals surface area contributed by atoms with Gasteiger partial charge in [0.15, 0.2) is 0 Å². The average Bonchev–Trinajstić information content (AvgIpc) is 2.36. The molecule has 0 radical (unpaired) electrons. The van der Waals surface area contributed by atoms with Crippen LogP contribution >= 0.6 is 0 Å². The highest BCUT2D eigenvalue weighted by molar-refractivity contribution is 5.78. The Bertz CT molecular complexity index is 432. The van der Waals surface area contributed by atoms with Gasteiger partial charge in [-0.1, -0.05) is 12.1 Å². The molecule has 1 aromatic rings. The molecule has 1 aromatic carbocycles. The second-order valence-electron chi connectivity index (χ2n) is 5.01. The van der Waals surface area contributed by atoms with Crippen LogP contribution in [0.4, 0.5) is 10.5 Å². The molecule has 0 aromatic heterocycles. The zero-order valence-corrected chi connectivity index (χ0v) is 11.8. The number of quaternary nitrogens is 1. The zero-order valence-electron chi connectivity index (χ0n) is 11.8. The van der Waals surface area contributed by atoms with Crippen LogP contribution in [0.25, 0.3) is 0 Å². The number of benzene rings is 1. The number of carbonyl (C=O) groups is 1. The van der Waals surface area contributed by atoms with E-state index in [1.54, 1.807) is 7.05 Å². The molecule has 0 aliphatic carbocycles. The normalized spacial score (nSPS) is 16.3. The van der Waals surface area contributed by atoms with Crippen LogP contribution in [-0.2, 0) is 0 Å². The average molecular weight is 250 g/mol. The summed E-state index contributed by atoms with van der Waals surface area (Å²) >= 11 is 0. The molecule has 0 spiro atoms. The van der Waals surface area contributed by atoms with Gasteiger partial charge in [0, 0.05) is 12.1 Å². The van der Waals surface area contributed by atoms with E-state index in [2.05, 4.69) is 11.8 Å². The lowest BCUT2D eigenvalue weighted by Crippen LogP contribution is -2.57. The Morgan fingerprint density at radius 3 is 2.50 bits per heavy atom. The molecule has 1 amide bonds. The van der Waals surface area contributed by atoms with Crippen LogP contribution in [0.1, 0.15) is 25.5 Å². The van der Waals surface area contributed by atoms with Gasteiger partial charge in [0.2, 0.25) is 0 Å². The summed E-state index contributed by atoms with van der Waals surface area (Å²) in [6, 6.07) is 7.95. The number of hydrogen-bond donors (Lipinski definition) is 0. The first-order chi connectivity index (χ1) is 8.32. The van der Waals surface area contributed by atoms with Crippen molar-refractivity contribution in [1.29, 1.82) is 0 Å². The van der Waals surface area contributed by atoms with E-state index in [0.717, 1.165) is 11.3 Å². The fraction of sp³-hybridized carbons (Fsp3) is 0.500. The number of rotatable bonds is 4. The van der Waals surface area contributed by atoms with Crippen molar-refractivity contribution in [1.82, 2.24) is 9.38 Å². The predicted octanol–water partition coefficient (Wildman–Crippen LogP) is 1.61. The maximum absolute atomic E-state index is 11.3. The third-order valence-electron chi connectivity index (χ3n) is 3.73. The summed E-state index contributed by atoms with van der Waals surface area (Å²) in [6.07, 6.45) is -1.08. The molecule has 4 nitrogen and oxygen atoms in total. The molecule has 0 bridgehead atoms. The second-order valence-corrected chi connectivity index (χ2v) is 5.01. The molecule has 100 valence electrons. The molecule has 1 rings (SSSR count). The van der Waals surface area contributed by atoms with Gasteiger partial charge in [-0.15, -0.1) is 0 Å². The topological polar surface area (TPSA) is 43.4 Å². The summed E-state index contributed by atoms with van der Waals surface area (Å²) in [6.45, 7) is 4.40. The molecule has 0 fully saturated rings. The Morgan fingerprint density at radius 1 is 1.44 bits per heavy atom. The first-order valence-electron chi connectivity index (χ1n) is 6.17. The maximum Gasteiger partial charge on any atom is 0.262 e. The molecule has 0 saturated carbocycles. The zero-order chi connectivity index (χ0) is 13.9. The predicted molar refractivity (Wildman–Crippen MR) is 72.2 cm³/mol. The van der Waals surface area contributed by atoms with E-state index < -0.39 is 6.09 Å². The van der Waals surface area contributed by atoms with Gasteiger partial charge in [-0.25, -0.2) is 4.48 Å². The molecule has 0 heterocycles. The molecule has 0 N–H and O–H groups in total. The monoisotopic (exact) mass is 250 g/mol. The SMILES string of the molecule is CC[N@+](C)(C(=O)[O-])c1cccc(C(C)N(C)C)c1. The highest BCUT2D eigenvalue weighted by Gasteiger charge is 2.26. The van der Waals surface area contributed by atoms with Crippen LogP contribution < -0.4 is 9.59 Å². The summed E-state index contributed by atoms with van der Waals surface area (Å²) in [7, 11) is 5.67. The molecule has 4 heteroatoms. The van der Waals surface area contributed by atoms with E-state index >= 15 is 0 Å². The lowest BCUT2D eigenvalue weighted by atomic mass is 10.1. The summed E-state index contributed by atoms with van der Waals surface area (Å²) < 4.78 is -0.200. The molecule has 2 atom stereocenters. The van der Waals surface area contributed by atoms with Crippen molar-refractivity contribution in [2.45, 2.75) is 19.9 Å². The van der Waals surface area contributed by atoms with E-state index in [9.17, 15) is 9.90 Å². The van der Waals surface area contributed by atoms with E-state index in [1.807, 2.05) is 45.3 Å². The number of amides is 1. The maximum atomic E-state index is 11.3. The van der Waals surface area contributed by atoms with Crippen molar-refractivity contribution in [3.05, 3.63) is 29.8 Å². The van der Waals surface area contributed by atoms with Crippen molar-refractivity contribution in [2.75, 3.05) is 27.7 Å². The van der Waals surface area contributed by atoms with Crippen molar-refractivity contribution in [3.8, 4) is 0 Å². The third kappa shape index (κ3) is 2.71. The fourth-order valence-electron chi connectivity index (χ4n) is 1.81. The van der Waals surface area contributed by atoms with Crippen LogP contribution in [0.15, 0.2) is 24.3 Å². The van der Waals surface area contributed by atoms with Crippen LogP contribution in [0.3, 0.4) is 0 Å². The highest BCUT2D eigenvalue weighted by Crippen LogP contribution is 2.26. The van der Waals surface area contributed by atoms with Crippen molar-refractivity contribution in [2.24, 2.45) is 0 Å². The summed E-state index contributed by atoms with van der Waals surface area (Å²) in [4.78, 5) is 13.4. The van der Waals surface area contributed by atoms with Crippen molar-refractivity contribution >= 4 is 11.8 Å². The summed E-state index contributed by atoms with van der Waals surface area (Å²) in [5.74, 6) is 0. The Morgan fingerprint density at radius 2 is 2.06 bits per heavy atom. The fourth-order valence-corrected chi connectivity index (χ4v) is 1.81. The van der Waals surface area contributed by atoms with E-state index in [-0.39, 0.29) is 10.5 Å². The van der Waals surface area contributed by atoms with Crippen molar-refractivity contribution in [3.63, 3.8) is 0 Å². The minimum atomic E-state index is -1.08. The minimum absolute atomic E-state index is 0.200. The molecule has 18 heavy (non-hydrogen) atoms. The molecular formula is C14H22N2O2. The van der Waals surface area contributed by atoms with Crippen molar-refractivity contribution < 1.29 is 9.90 Å². The van der Waals surface area contributed by atoms with Gasteiger partial charge >= 0.3 is 0 Å². The number of carbonyl (C=O) groups excluding carboxylic acids is 1. The Labute approximate surface area is 109 Å². The molecule has 0 aliphatic rings. The van der Waals surface area contributed by atoms with Gasteiger partial charge in [-0.3, -0.25) is 0 Å². The number of carboxylic acid groups (broad SMARTS) is 1. The lowest BCUT2D eigenvalue weighted by molar-refractivity contribution is -0.262. The first-order valence-corrected chi connectivity index (χ1v) is 6.17. The van der Waals surface area contributed by atoms with E-state index in [1.165, 1.54) is 0 Å².